The summed E-state index contributed by atoms with van der Waals surface area (Å²) in [6.45, 7) is 0. The van der Waals surface area contributed by atoms with E-state index in [0.29, 0.717) is 28.2 Å². The van der Waals surface area contributed by atoms with Crippen molar-refractivity contribution in [2.75, 3.05) is 11.9 Å². The van der Waals surface area contributed by atoms with Crippen molar-refractivity contribution in [3.8, 4) is 11.3 Å². The first kappa shape index (κ1) is 16.2. The number of aromatic amines is 1. The van der Waals surface area contributed by atoms with Crippen LogP contribution < -0.4 is 10.6 Å². The first-order valence-electron chi connectivity index (χ1n) is 8.20. The van der Waals surface area contributed by atoms with Gasteiger partial charge < -0.3 is 10.6 Å². The molecule has 0 saturated heterocycles. The molecule has 1 aliphatic rings. The molecule has 3 N–H and O–H groups in total. The van der Waals surface area contributed by atoms with Crippen LogP contribution in [-0.2, 0) is 0 Å². The first-order chi connectivity index (χ1) is 12.1. The van der Waals surface area contributed by atoms with Gasteiger partial charge in [0.2, 0.25) is 5.65 Å². The van der Waals surface area contributed by atoms with Crippen LogP contribution >= 0.6 is 11.6 Å². The fourth-order valence-corrected chi connectivity index (χ4v) is 3.64. The van der Waals surface area contributed by atoms with Crippen LogP contribution in [0.2, 0.25) is 5.02 Å². The van der Waals surface area contributed by atoms with Gasteiger partial charge in [-0.1, -0.05) is 17.7 Å². The molecule has 2 aromatic heterocycles. The maximum absolute atomic E-state index is 14.3. The molecule has 1 aliphatic carbocycles. The molecule has 25 heavy (non-hydrogen) atoms. The highest BCUT2D eigenvalue weighted by atomic mass is 35.5. The smallest absolute Gasteiger partial charge is 0.202 e. The van der Waals surface area contributed by atoms with Crippen LogP contribution in [0.4, 0.5) is 10.2 Å². The molecule has 0 amide bonds. The maximum Gasteiger partial charge on any atom is 0.202 e. The van der Waals surface area contributed by atoms with Crippen LogP contribution in [0.3, 0.4) is 0 Å². The minimum atomic E-state index is -0.505. The Morgan fingerprint density at radius 1 is 1.36 bits per heavy atom. The molecule has 6 nitrogen and oxygen atoms in total. The highest BCUT2D eigenvalue weighted by Gasteiger charge is 2.28. The average molecular weight is 361 g/mol. The molecule has 0 radical (unpaired) electrons. The molecule has 2 heterocycles. The lowest BCUT2D eigenvalue weighted by Crippen LogP contribution is -2.42. The quantitative estimate of drug-likeness (QED) is 0.749. The van der Waals surface area contributed by atoms with Gasteiger partial charge in [0.15, 0.2) is 5.82 Å². The Balaban J connectivity index is 1.73. The van der Waals surface area contributed by atoms with Crippen molar-refractivity contribution in [3.63, 3.8) is 0 Å². The summed E-state index contributed by atoms with van der Waals surface area (Å²) in [5, 5.41) is 7.07. The number of fused-ring (bicyclic) bond motifs is 1. The Hall–Kier alpha value is -2.25. The van der Waals surface area contributed by atoms with Crippen molar-refractivity contribution in [3.05, 3.63) is 35.2 Å². The van der Waals surface area contributed by atoms with Gasteiger partial charge in [0, 0.05) is 24.7 Å². The number of likely N-dealkylation sites (N-methyl/N-ethyl adjacent to an activating group) is 1. The van der Waals surface area contributed by atoms with Crippen LogP contribution in [0.1, 0.15) is 19.3 Å². The van der Waals surface area contributed by atoms with Crippen molar-refractivity contribution in [1.29, 1.82) is 0 Å². The van der Waals surface area contributed by atoms with E-state index in [2.05, 4.69) is 25.1 Å². The number of aromatic nitrogens is 4. The van der Waals surface area contributed by atoms with E-state index >= 15 is 0 Å². The van der Waals surface area contributed by atoms with Crippen molar-refractivity contribution in [2.24, 2.45) is 5.73 Å². The zero-order chi connectivity index (χ0) is 17.6. The number of nitrogens with zero attached hydrogens (tertiary/aromatic N) is 4. The summed E-state index contributed by atoms with van der Waals surface area (Å²) in [4.78, 5) is 11.1. The largest absolute Gasteiger partial charge is 0.354 e. The average Bonchev–Trinajstić information content (AvgIpc) is 3.22. The normalized spacial score (nSPS) is 20.3. The number of H-pyrrole nitrogens is 1. The molecule has 1 aromatic carbocycles. The van der Waals surface area contributed by atoms with E-state index in [1.165, 1.54) is 6.07 Å². The topological polar surface area (TPSA) is 83.7 Å². The van der Waals surface area contributed by atoms with E-state index in [1.807, 2.05) is 7.05 Å². The van der Waals surface area contributed by atoms with Crippen LogP contribution in [0.15, 0.2) is 24.4 Å². The summed E-state index contributed by atoms with van der Waals surface area (Å²) in [5.74, 6) is 0.203. The Labute approximate surface area is 149 Å². The zero-order valence-electron chi connectivity index (χ0n) is 13.7. The van der Waals surface area contributed by atoms with Crippen molar-refractivity contribution in [2.45, 2.75) is 31.3 Å². The molecule has 8 heteroatoms. The molecule has 0 bridgehead atoms. The molecule has 0 unspecified atom stereocenters. The number of benzene rings is 1. The van der Waals surface area contributed by atoms with Gasteiger partial charge in [-0.2, -0.15) is 5.10 Å². The van der Waals surface area contributed by atoms with Crippen molar-refractivity contribution in [1.82, 2.24) is 20.2 Å². The molecular weight excluding hydrogens is 343 g/mol. The third-order valence-electron chi connectivity index (χ3n) is 4.86. The van der Waals surface area contributed by atoms with Gasteiger partial charge in [-0.05, 0) is 31.4 Å². The van der Waals surface area contributed by atoms with E-state index in [4.69, 9.17) is 17.3 Å². The van der Waals surface area contributed by atoms with E-state index < -0.39 is 5.82 Å². The summed E-state index contributed by atoms with van der Waals surface area (Å²) in [6.07, 6.45) is 4.85. The summed E-state index contributed by atoms with van der Waals surface area (Å²) >= 11 is 5.87. The second-order valence-corrected chi connectivity index (χ2v) is 6.78. The molecular formula is C17H18ClFN6. The van der Waals surface area contributed by atoms with Crippen LogP contribution in [0.25, 0.3) is 22.4 Å². The number of anilines is 1. The number of nitrogens with one attached hydrogen (secondary N) is 1. The summed E-state index contributed by atoms with van der Waals surface area (Å²) < 4.78 is 14.3. The van der Waals surface area contributed by atoms with Gasteiger partial charge in [0.1, 0.15) is 11.3 Å². The Morgan fingerprint density at radius 2 is 2.20 bits per heavy atom. The first-order valence-corrected chi connectivity index (χ1v) is 8.58. The summed E-state index contributed by atoms with van der Waals surface area (Å²) in [7, 11) is 1.97. The zero-order valence-corrected chi connectivity index (χ0v) is 14.5. The predicted molar refractivity (Wildman–Crippen MR) is 96.1 cm³/mol. The predicted octanol–water partition coefficient (Wildman–Crippen LogP) is 3.13. The lowest BCUT2D eigenvalue weighted by atomic mass is 10.1. The number of hydrogen-bond donors (Lipinski definition) is 2. The second kappa shape index (κ2) is 6.24. The molecule has 1 fully saturated rings. The van der Waals surface area contributed by atoms with Gasteiger partial charge >= 0.3 is 0 Å². The third-order valence-corrected chi connectivity index (χ3v) is 5.16. The monoisotopic (exact) mass is 360 g/mol. The molecule has 0 aliphatic heterocycles. The van der Waals surface area contributed by atoms with Crippen molar-refractivity contribution >= 4 is 28.6 Å². The number of nitrogens with two attached hydrogens (primary N) is 1. The Morgan fingerprint density at radius 3 is 2.96 bits per heavy atom. The van der Waals surface area contributed by atoms with Gasteiger partial charge in [0.05, 0.1) is 16.9 Å². The molecule has 1 saturated carbocycles. The minimum absolute atomic E-state index is 0.0554. The lowest BCUT2D eigenvalue weighted by Gasteiger charge is -2.28. The molecule has 3 aromatic rings. The Kier molecular flexibility index (Phi) is 4.05. The van der Waals surface area contributed by atoms with Gasteiger partial charge in [-0.3, -0.25) is 5.10 Å². The fourth-order valence-electron chi connectivity index (χ4n) is 3.46. The molecule has 4 rings (SSSR count). The summed E-state index contributed by atoms with van der Waals surface area (Å²) in [6, 6.07) is 5.20. The van der Waals surface area contributed by atoms with E-state index in [9.17, 15) is 4.39 Å². The number of halogens is 2. The van der Waals surface area contributed by atoms with Gasteiger partial charge in [0.25, 0.3) is 0 Å². The van der Waals surface area contributed by atoms with E-state index in [1.54, 1.807) is 18.3 Å². The van der Waals surface area contributed by atoms with Crippen LogP contribution in [-0.4, -0.2) is 39.3 Å². The highest BCUT2D eigenvalue weighted by molar-refractivity contribution is 6.31. The van der Waals surface area contributed by atoms with Gasteiger partial charge in [-0.25, -0.2) is 14.4 Å². The van der Waals surface area contributed by atoms with E-state index in [-0.39, 0.29) is 17.1 Å². The molecule has 130 valence electrons. The maximum atomic E-state index is 14.3. The molecule has 0 spiro atoms. The standard InChI is InChI=1S/C17H18ClFN6/c1-25(12-7-3-6-11(12)20)13-8-21-16-15(23-24-17(16)22-13)9-4-2-5-10(18)14(9)19/h2,4-5,8,11-12H,3,6-7,20H2,1H3,(H,22,23,24)/t11-,12-/m1/s1. The third kappa shape index (κ3) is 2.73. The number of rotatable bonds is 3. The molecule has 2 atom stereocenters. The summed E-state index contributed by atoms with van der Waals surface area (Å²) in [5.41, 5.74) is 7.91. The highest BCUT2D eigenvalue weighted by Crippen LogP contribution is 2.31. The van der Waals surface area contributed by atoms with E-state index in [0.717, 1.165) is 19.3 Å². The number of hydrogen-bond acceptors (Lipinski definition) is 5. The Bertz CT molecular complexity index is 927. The lowest BCUT2D eigenvalue weighted by molar-refractivity contribution is 0.568. The fraction of sp³-hybridized carbons (Fsp3) is 0.353. The van der Waals surface area contributed by atoms with Crippen LogP contribution in [0, 0.1) is 5.82 Å². The van der Waals surface area contributed by atoms with Crippen molar-refractivity contribution < 1.29 is 4.39 Å². The second-order valence-electron chi connectivity index (χ2n) is 6.37. The SMILES string of the molecule is CN(c1cnc2c(-c3cccc(Cl)c3F)[nH]nc2n1)[C@@H]1CCC[C@H]1N. The minimum Gasteiger partial charge on any atom is -0.354 e. The van der Waals surface area contributed by atoms with Gasteiger partial charge in [-0.15, -0.1) is 0 Å². The van der Waals surface area contributed by atoms with Crippen LogP contribution in [0.5, 0.6) is 0 Å².